The fraction of sp³-hybridized carbons (Fsp3) is 0.409. The van der Waals surface area contributed by atoms with Crippen LogP contribution in [0.5, 0.6) is 0 Å². The molecule has 30 heavy (non-hydrogen) atoms. The quantitative estimate of drug-likeness (QED) is 0.706. The van der Waals surface area contributed by atoms with Crippen molar-refractivity contribution in [3.05, 3.63) is 64.7 Å². The second-order valence-electron chi connectivity index (χ2n) is 8.08. The number of hydrogen-bond acceptors (Lipinski definition) is 2. The van der Waals surface area contributed by atoms with Gasteiger partial charge in [0.05, 0.1) is 5.56 Å². The van der Waals surface area contributed by atoms with Crippen LogP contribution in [0.2, 0.25) is 5.02 Å². The van der Waals surface area contributed by atoms with Gasteiger partial charge >= 0.3 is 12.2 Å². The van der Waals surface area contributed by atoms with Gasteiger partial charge in [-0.3, -0.25) is 4.90 Å². The predicted octanol–water partition coefficient (Wildman–Crippen LogP) is 5.28. The first-order valence-corrected chi connectivity index (χ1v) is 10.3. The van der Waals surface area contributed by atoms with Crippen LogP contribution in [0.25, 0.3) is 0 Å². The van der Waals surface area contributed by atoms with Crippen LogP contribution < -0.4 is 5.32 Å². The average Bonchev–Trinajstić information content (AvgIpc) is 3.30. The van der Waals surface area contributed by atoms with Gasteiger partial charge in [0.1, 0.15) is 0 Å². The summed E-state index contributed by atoms with van der Waals surface area (Å²) in [6.07, 6.45) is -2.55. The molecule has 2 aliphatic rings. The lowest BCUT2D eigenvalue weighted by Gasteiger charge is -2.37. The summed E-state index contributed by atoms with van der Waals surface area (Å²) in [7, 11) is 0. The molecule has 0 radical (unpaired) electrons. The van der Waals surface area contributed by atoms with Crippen LogP contribution in [-0.4, -0.2) is 47.0 Å². The molecule has 8 heteroatoms. The molecule has 3 unspecified atom stereocenters. The van der Waals surface area contributed by atoms with Gasteiger partial charge in [0, 0.05) is 41.9 Å². The van der Waals surface area contributed by atoms with E-state index in [1.54, 1.807) is 4.90 Å². The molecule has 0 aromatic heterocycles. The molecule has 0 saturated carbocycles. The standard InChI is InChI=1S/C22H23ClF3N3O/c1-14(10-15-2-6-17(23)7-3-15)28-12-20-11-19(28)13-29(20)21(30)27-18-8-4-16(5-9-18)22(24,25)26/h2-9,14,19-20H,10-13H2,1H3,(H,27,30). The van der Waals surface area contributed by atoms with Crippen molar-refractivity contribution in [1.29, 1.82) is 0 Å². The molecule has 2 bridgehead atoms. The highest BCUT2D eigenvalue weighted by Crippen LogP contribution is 2.34. The van der Waals surface area contributed by atoms with Gasteiger partial charge in [-0.15, -0.1) is 0 Å². The van der Waals surface area contributed by atoms with Crippen LogP contribution >= 0.6 is 11.6 Å². The van der Waals surface area contributed by atoms with Gasteiger partial charge in [-0.25, -0.2) is 4.79 Å². The zero-order valence-electron chi connectivity index (χ0n) is 16.5. The molecule has 2 saturated heterocycles. The van der Waals surface area contributed by atoms with Crippen LogP contribution in [0.4, 0.5) is 23.7 Å². The van der Waals surface area contributed by atoms with Crippen LogP contribution in [0.15, 0.2) is 48.5 Å². The third-order valence-corrected chi connectivity index (χ3v) is 6.27. The fourth-order valence-corrected chi connectivity index (χ4v) is 4.63. The van der Waals surface area contributed by atoms with E-state index < -0.39 is 11.7 Å². The monoisotopic (exact) mass is 437 g/mol. The minimum absolute atomic E-state index is 0.122. The number of hydrogen-bond donors (Lipinski definition) is 1. The number of amides is 2. The number of benzene rings is 2. The van der Waals surface area contributed by atoms with Crippen molar-refractivity contribution in [2.75, 3.05) is 18.4 Å². The highest BCUT2D eigenvalue weighted by Gasteiger charge is 2.46. The summed E-state index contributed by atoms with van der Waals surface area (Å²) in [5.74, 6) is 0. The minimum atomic E-state index is -4.39. The number of alkyl halides is 3. The van der Waals surface area contributed by atoms with Crippen molar-refractivity contribution < 1.29 is 18.0 Å². The van der Waals surface area contributed by atoms with Gasteiger partial charge in [0.2, 0.25) is 0 Å². The molecule has 160 valence electrons. The van der Waals surface area contributed by atoms with Crippen molar-refractivity contribution >= 4 is 23.3 Å². The molecular weight excluding hydrogens is 415 g/mol. The Bertz CT molecular complexity index is 901. The number of halogens is 4. The Labute approximate surface area is 178 Å². The third kappa shape index (κ3) is 4.42. The maximum Gasteiger partial charge on any atom is 0.416 e. The molecular formula is C22H23ClF3N3O. The highest BCUT2D eigenvalue weighted by molar-refractivity contribution is 6.30. The number of carbonyl (C=O) groups excluding carboxylic acids is 1. The number of likely N-dealkylation sites (tertiary alicyclic amines) is 2. The maximum atomic E-state index is 12.7. The molecule has 2 fully saturated rings. The Hall–Kier alpha value is -2.25. The normalized spacial score (nSPS) is 22.4. The van der Waals surface area contributed by atoms with Crippen molar-refractivity contribution in [2.45, 2.75) is 44.1 Å². The zero-order chi connectivity index (χ0) is 21.5. The van der Waals surface area contributed by atoms with Crippen molar-refractivity contribution in [2.24, 2.45) is 0 Å². The molecule has 2 heterocycles. The van der Waals surface area contributed by atoms with Gasteiger partial charge in [-0.05, 0) is 61.7 Å². The first-order chi connectivity index (χ1) is 14.2. The van der Waals surface area contributed by atoms with Crippen LogP contribution in [0.1, 0.15) is 24.5 Å². The molecule has 2 aromatic carbocycles. The van der Waals surface area contributed by atoms with E-state index in [0.717, 1.165) is 36.5 Å². The zero-order valence-corrected chi connectivity index (χ0v) is 17.2. The summed E-state index contributed by atoms with van der Waals surface area (Å²) in [5.41, 5.74) is 0.862. The number of fused-ring (bicyclic) bond motifs is 2. The Morgan fingerprint density at radius 1 is 1.10 bits per heavy atom. The van der Waals surface area contributed by atoms with Crippen molar-refractivity contribution in [3.8, 4) is 0 Å². The Morgan fingerprint density at radius 3 is 2.33 bits per heavy atom. The highest BCUT2D eigenvalue weighted by atomic mass is 35.5. The third-order valence-electron chi connectivity index (χ3n) is 6.02. The van der Waals surface area contributed by atoms with E-state index in [1.165, 1.54) is 17.7 Å². The summed E-state index contributed by atoms with van der Waals surface area (Å²) in [5, 5.41) is 3.45. The molecule has 4 rings (SSSR count). The molecule has 0 spiro atoms. The van der Waals surface area contributed by atoms with E-state index in [1.807, 2.05) is 24.3 Å². The number of rotatable bonds is 4. The lowest BCUT2D eigenvalue weighted by atomic mass is 10.1. The fourth-order valence-electron chi connectivity index (χ4n) is 4.50. The Kier molecular flexibility index (Phi) is 5.68. The topological polar surface area (TPSA) is 35.6 Å². The molecule has 2 amide bonds. The average molecular weight is 438 g/mol. The van der Waals surface area contributed by atoms with Crippen molar-refractivity contribution in [3.63, 3.8) is 0 Å². The lowest BCUT2D eigenvalue weighted by Crippen LogP contribution is -2.52. The number of urea groups is 1. The van der Waals surface area contributed by atoms with Crippen molar-refractivity contribution in [1.82, 2.24) is 9.80 Å². The van der Waals surface area contributed by atoms with Crippen LogP contribution in [-0.2, 0) is 12.6 Å². The first-order valence-electron chi connectivity index (χ1n) is 9.96. The number of piperazine rings is 1. The molecule has 4 nitrogen and oxygen atoms in total. The second-order valence-corrected chi connectivity index (χ2v) is 8.51. The van der Waals surface area contributed by atoms with Gasteiger partial charge in [-0.2, -0.15) is 13.2 Å². The SMILES string of the molecule is CC(Cc1ccc(Cl)cc1)N1CC2CC1CN2C(=O)Nc1ccc(C(F)(F)F)cc1. The largest absolute Gasteiger partial charge is 0.416 e. The summed E-state index contributed by atoms with van der Waals surface area (Å²) in [4.78, 5) is 16.9. The predicted molar refractivity (Wildman–Crippen MR) is 111 cm³/mol. The van der Waals surface area contributed by atoms with E-state index in [9.17, 15) is 18.0 Å². The summed E-state index contributed by atoms with van der Waals surface area (Å²) in [6.45, 7) is 3.63. The number of nitrogens with zero attached hydrogens (tertiary/aromatic N) is 2. The van der Waals surface area contributed by atoms with Gasteiger partial charge in [0.25, 0.3) is 0 Å². The first kappa shape index (κ1) is 21.0. The van der Waals surface area contributed by atoms with E-state index in [4.69, 9.17) is 11.6 Å². The molecule has 3 atom stereocenters. The molecule has 1 N–H and O–H groups in total. The minimum Gasteiger partial charge on any atom is -0.319 e. The van der Waals surface area contributed by atoms with Gasteiger partial charge in [0.15, 0.2) is 0 Å². The van der Waals surface area contributed by atoms with E-state index >= 15 is 0 Å². The number of carbonyl (C=O) groups is 1. The summed E-state index contributed by atoms with van der Waals surface area (Å²) < 4.78 is 38.0. The lowest BCUT2D eigenvalue weighted by molar-refractivity contribution is -0.137. The summed E-state index contributed by atoms with van der Waals surface area (Å²) >= 11 is 5.95. The maximum absolute atomic E-state index is 12.7. The number of anilines is 1. The number of nitrogens with one attached hydrogen (secondary N) is 1. The van der Waals surface area contributed by atoms with Gasteiger partial charge < -0.3 is 10.2 Å². The Balaban J connectivity index is 1.32. The smallest absolute Gasteiger partial charge is 0.319 e. The van der Waals surface area contributed by atoms with Gasteiger partial charge in [-0.1, -0.05) is 23.7 Å². The van der Waals surface area contributed by atoms with E-state index in [0.29, 0.717) is 24.3 Å². The van der Waals surface area contributed by atoms with E-state index in [-0.39, 0.29) is 12.1 Å². The molecule has 0 aliphatic carbocycles. The second kappa shape index (κ2) is 8.12. The summed E-state index contributed by atoms with van der Waals surface area (Å²) in [6, 6.07) is 12.9. The van der Waals surface area contributed by atoms with Crippen LogP contribution in [0.3, 0.4) is 0 Å². The molecule has 2 aromatic rings. The van der Waals surface area contributed by atoms with Crippen LogP contribution in [0, 0.1) is 0 Å². The Morgan fingerprint density at radius 2 is 1.77 bits per heavy atom. The van der Waals surface area contributed by atoms with E-state index in [2.05, 4.69) is 17.1 Å². The molecule has 2 aliphatic heterocycles.